The minimum Gasteiger partial charge on any atom is -0.363 e. The van der Waals surface area contributed by atoms with E-state index in [1.807, 2.05) is 25.4 Å². The predicted molar refractivity (Wildman–Crippen MR) is 72.3 cm³/mol. The average molecular weight is 242 g/mol. The van der Waals surface area contributed by atoms with Gasteiger partial charge in [0.15, 0.2) is 0 Å². The largest absolute Gasteiger partial charge is 0.363 e. The lowest BCUT2D eigenvalue weighted by atomic mass is 10.0. The Morgan fingerprint density at radius 2 is 2.17 bits per heavy atom. The molecular weight excluding hydrogens is 224 g/mol. The van der Waals surface area contributed by atoms with Gasteiger partial charge in [-0.1, -0.05) is 19.4 Å². The molecular formula is C14H18N4. The molecule has 0 aliphatic carbocycles. The molecule has 0 amide bonds. The summed E-state index contributed by atoms with van der Waals surface area (Å²) in [6.07, 6.45) is 9.25. The van der Waals surface area contributed by atoms with Gasteiger partial charge in [-0.3, -0.25) is 4.98 Å². The summed E-state index contributed by atoms with van der Waals surface area (Å²) in [4.78, 5) is 12.5. The Labute approximate surface area is 108 Å². The maximum atomic E-state index is 4.28. The molecule has 0 saturated heterocycles. The topological polar surface area (TPSA) is 50.7 Å². The highest BCUT2D eigenvalue weighted by Crippen LogP contribution is 2.23. The van der Waals surface area contributed by atoms with Crippen molar-refractivity contribution in [2.45, 2.75) is 32.7 Å². The van der Waals surface area contributed by atoms with Crippen LogP contribution in [-0.2, 0) is 0 Å². The molecule has 0 fully saturated rings. The Bertz CT molecular complexity index is 484. The number of rotatable bonds is 5. The summed E-state index contributed by atoms with van der Waals surface area (Å²) < 4.78 is 0. The lowest BCUT2D eigenvalue weighted by molar-refractivity contribution is 0.671. The molecule has 0 aliphatic rings. The normalized spacial score (nSPS) is 12.1. The number of pyridine rings is 1. The van der Waals surface area contributed by atoms with Crippen LogP contribution < -0.4 is 5.32 Å². The van der Waals surface area contributed by atoms with Crippen LogP contribution in [0.3, 0.4) is 0 Å². The van der Waals surface area contributed by atoms with Crippen LogP contribution >= 0.6 is 0 Å². The number of aryl methyl sites for hydroxylation is 1. The first-order chi connectivity index (χ1) is 8.81. The first kappa shape index (κ1) is 12.5. The van der Waals surface area contributed by atoms with Gasteiger partial charge < -0.3 is 5.32 Å². The van der Waals surface area contributed by atoms with Crippen molar-refractivity contribution < 1.29 is 0 Å². The molecule has 1 N–H and O–H groups in total. The average Bonchev–Trinajstić information content (AvgIpc) is 2.42. The fraction of sp³-hybridized carbons (Fsp3) is 0.357. The maximum Gasteiger partial charge on any atom is 0.132 e. The van der Waals surface area contributed by atoms with E-state index in [1.54, 1.807) is 12.5 Å². The number of aromatic nitrogens is 3. The van der Waals surface area contributed by atoms with Crippen molar-refractivity contribution in [3.63, 3.8) is 0 Å². The van der Waals surface area contributed by atoms with E-state index in [9.17, 15) is 0 Å². The van der Waals surface area contributed by atoms with Crippen molar-refractivity contribution in [3.05, 3.63) is 48.2 Å². The lowest BCUT2D eigenvalue weighted by Gasteiger charge is -2.19. The van der Waals surface area contributed by atoms with Crippen molar-refractivity contribution in [3.8, 4) is 0 Å². The van der Waals surface area contributed by atoms with Crippen LogP contribution in [0.4, 0.5) is 5.82 Å². The number of nitrogens with one attached hydrogen (secondary N) is 1. The highest BCUT2D eigenvalue weighted by atomic mass is 15.0. The van der Waals surface area contributed by atoms with Crippen LogP contribution in [0.2, 0.25) is 0 Å². The molecule has 0 aromatic carbocycles. The lowest BCUT2D eigenvalue weighted by Crippen LogP contribution is -2.12. The molecule has 0 spiro atoms. The first-order valence-electron chi connectivity index (χ1n) is 6.24. The van der Waals surface area contributed by atoms with Crippen molar-refractivity contribution in [2.75, 3.05) is 5.32 Å². The molecule has 4 heteroatoms. The molecule has 0 bridgehead atoms. The number of hydrogen-bond donors (Lipinski definition) is 1. The van der Waals surface area contributed by atoms with Crippen LogP contribution in [0.1, 0.15) is 36.9 Å². The second-order valence-electron chi connectivity index (χ2n) is 4.33. The Balaban J connectivity index is 2.19. The monoisotopic (exact) mass is 242 g/mol. The zero-order valence-electron chi connectivity index (χ0n) is 10.8. The van der Waals surface area contributed by atoms with Gasteiger partial charge in [0.1, 0.15) is 12.1 Å². The summed E-state index contributed by atoms with van der Waals surface area (Å²) in [5.41, 5.74) is 2.25. The molecule has 94 valence electrons. The molecule has 0 radical (unpaired) electrons. The third-order valence-electron chi connectivity index (χ3n) is 2.87. The third-order valence-corrected chi connectivity index (χ3v) is 2.87. The Morgan fingerprint density at radius 3 is 2.83 bits per heavy atom. The van der Waals surface area contributed by atoms with Crippen LogP contribution in [0, 0.1) is 6.92 Å². The summed E-state index contributed by atoms with van der Waals surface area (Å²) in [5, 5.41) is 3.47. The Morgan fingerprint density at radius 1 is 1.28 bits per heavy atom. The van der Waals surface area contributed by atoms with E-state index in [1.165, 1.54) is 5.56 Å². The molecule has 2 aromatic rings. The molecule has 2 rings (SSSR count). The molecule has 1 atom stereocenters. The predicted octanol–water partition coefficient (Wildman–Crippen LogP) is 3.13. The second-order valence-corrected chi connectivity index (χ2v) is 4.33. The zero-order chi connectivity index (χ0) is 12.8. The molecule has 4 nitrogen and oxygen atoms in total. The van der Waals surface area contributed by atoms with Gasteiger partial charge in [-0.05, 0) is 25.0 Å². The van der Waals surface area contributed by atoms with Crippen molar-refractivity contribution in [2.24, 2.45) is 0 Å². The van der Waals surface area contributed by atoms with Crippen LogP contribution in [0.5, 0.6) is 0 Å². The van der Waals surface area contributed by atoms with E-state index >= 15 is 0 Å². The highest BCUT2D eigenvalue weighted by molar-refractivity contribution is 5.43. The van der Waals surface area contributed by atoms with Crippen LogP contribution in [0.25, 0.3) is 0 Å². The van der Waals surface area contributed by atoms with Gasteiger partial charge in [0.25, 0.3) is 0 Å². The van der Waals surface area contributed by atoms with Crippen molar-refractivity contribution in [1.82, 2.24) is 15.0 Å². The minimum atomic E-state index is 0.247. The highest BCUT2D eigenvalue weighted by Gasteiger charge is 2.12. The summed E-state index contributed by atoms with van der Waals surface area (Å²) >= 11 is 0. The fourth-order valence-corrected chi connectivity index (χ4v) is 1.91. The van der Waals surface area contributed by atoms with Gasteiger partial charge in [-0.15, -0.1) is 0 Å². The van der Waals surface area contributed by atoms with Crippen molar-refractivity contribution in [1.29, 1.82) is 0 Å². The maximum absolute atomic E-state index is 4.28. The summed E-state index contributed by atoms with van der Waals surface area (Å²) in [6.45, 7) is 4.19. The number of nitrogens with zero attached hydrogens (tertiary/aromatic N) is 3. The van der Waals surface area contributed by atoms with Gasteiger partial charge in [-0.25, -0.2) is 9.97 Å². The number of hydrogen-bond acceptors (Lipinski definition) is 4. The second kappa shape index (κ2) is 6.10. The van der Waals surface area contributed by atoms with E-state index < -0.39 is 0 Å². The molecule has 0 saturated carbocycles. The minimum absolute atomic E-state index is 0.247. The SMILES string of the molecule is CCC[C@H](Nc1ncncc1C)c1cccnc1. The van der Waals surface area contributed by atoms with Gasteiger partial charge in [0.05, 0.1) is 6.04 Å². The standard InChI is InChI=1S/C14H18N4/c1-3-5-13(12-6-4-7-15-9-12)18-14-11(2)8-16-10-17-14/h4,6-10,13H,3,5H2,1-2H3,(H,16,17,18)/t13-/m0/s1. The van der Waals surface area contributed by atoms with E-state index in [0.29, 0.717) is 0 Å². The van der Waals surface area contributed by atoms with E-state index in [-0.39, 0.29) is 6.04 Å². The smallest absolute Gasteiger partial charge is 0.132 e. The molecule has 2 aromatic heterocycles. The summed E-state index contributed by atoms with van der Waals surface area (Å²) in [5.74, 6) is 0.896. The van der Waals surface area contributed by atoms with Gasteiger partial charge in [0, 0.05) is 24.2 Å². The zero-order valence-corrected chi connectivity index (χ0v) is 10.8. The number of anilines is 1. The molecule has 2 heterocycles. The summed E-state index contributed by atoms with van der Waals surface area (Å²) in [6, 6.07) is 4.31. The van der Waals surface area contributed by atoms with Crippen LogP contribution in [0.15, 0.2) is 37.1 Å². The third kappa shape index (κ3) is 3.03. The molecule has 18 heavy (non-hydrogen) atoms. The van der Waals surface area contributed by atoms with E-state index in [4.69, 9.17) is 0 Å². The fourth-order valence-electron chi connectivity index (χ4n) is 1.91. The van der Waals surface area contributed by atoms with Gasteiger partial charge in [-0.2, -0.15) is 0 Å². The van der Waals surface area contributed by atoms with Gasteiger partial charge in [0.2, 0.25) is 0 Å². The Kier molecular flexibility index (Phi) is 4.23. The van der Waals surface area contributed by atoms with Crippen molar-refractivity contribution >= 4 is 5.82 Å². The Hall–Kier alpha value is -1.97. The first-order valence-corrected chi connectivity index (χ1v) is 6.24. The van der Waals surface area contributed by atoms with E-state index in [0.717, 1.165) is 24.2 Å². The quantitative estimate of drug-likeness (QED) is 0.875. The van der Waals surface area contributed by atoms with Gasteiger partial charge >= 0.3 is 0 Å². The molecule has 0 aliphatic heterocycles. The van der Waals surface area contributed by atoms with Crippen LogP contribution in [-0.4, -0.2) is 15.0 Å². The van der Waals surface area contributed by atoms with E-state index in [2.05, 4.69) is 33.3 Å². The summed E-state index contributed by atoms with van der Waals surface area (Å²) in [7, 11) is 0. The molecule has 0 unspecified atom stereocenters.